The first-order valence-electron chi connectivity index (χ1n) is 3.70. The Hall–Kier alpha value is -1.09. The summed E-state index contributed by atoms with van der Waals surface area (Å²) in [6.45, 7) is 1.57. The molecule has 1 aromatic rings. The minimum atomic E-state index is -0.681. The third-order valence-corrected chi connectivity index (χ3v) is 1.71. The van der Waals surface area contributed by atoms with E-state index in [2.05, 4.69) is 22.4 Å². The number of benzene rings is 1. The van der Waals surface area contributed by atoms with Gasteiger partial charge in [0.2, 0.25) is 0 Å². The van der Waals surface area contributed by atoms with E-state index in [4.69, 9.17) is 5.11 Å². The lowest BCUT2D eigenvalue weighted by atomic mass is 10.1. The molecule has 0 radical (unpaired) electrons. The predicted octanol–water partition coefficient (Wildman–Crippen LogP) is 2.61. The first-order valence-corrected chi connectivity index (χ1v) is 4.11. The summed E-state index contributed by atoms with van der Waals surface area (Å²) in [7, 11) is 0. The number of halogens is 1. The van der Waals surface area contributed by atoms with Crippen LogP contribution in [0.4, 0.5) is 10.1 Å². The fraction of sp³-hybridized carbons (Fsp3) is 0.222. The highest BCUT2D eigenvalue weighted by atomic mass is 32.1. The largest absolute Gasteiger partial charge is 0.389 e. The predicted molar refractivity (Wildman–Crippen MR) is 51.7 cm³/mol. The highest BCUT2D eigenvalue weighted by Gasteiger charge is 2.05. The van der Waals surface area contributed by atoms with Crippen molar-refractivity contribution in [2.75, 3.05) is 0 Å². The van der Waals surface area contributed by atoms with Crippen LogP contribution in [0.5, 0.6) is 0 Å². The smallest absolute Gasteiger partial charge is 0.150 e. The van der Waals surface area contributed by atoms with Crippen molar-refractivity contribution in [3.63, 3.8) is 0 Å². The van der Waals surface area contributed by atoms with Crippen LogP contribution in [0.25, 0.3) is 0 Å². The summed E-state index contributed by atoms with van der Waals surface area (Å²) in [5, 5.41) is 11.2. The Morgan fingerprint density at radius 3 is 2.77 bits per heavy atom. The van der Waals surface area contributed by atoms with E-state index in [-0.39, 0.29) is 5.69 Å². The van der Waals surface area contributed by atoms with E-state index in [0.717, 1.165) is 0 Å². The highest BCUT2D eigenvalue weighted by molar-refractivity contribution is 7.78. The first-order chi connectivity index (χ1) is 6.15. The summed E-state index contributed by atoms with van der Waals surface area (Å²) in [5.41, 5.74) is 0.653. The molecule has 0 amide bonds. The van der Waals surface area contributed by atoms with Gasteiger partial charge < -0.3 is 5.11 Å². The molecule has 0 bridgehead atoms. The molecule has 0 aliphatic rings. The van der Waals surface area contributed by atoms with E-state index in [1.54, 1.807) is 13.0 Å². The second-order valence-corrected chi connectivity index (χ2v) is 2.77. The SMILES string of the molecule is CC(O)c1ccc(N=C=S)c(F)c1. The van der Waals surface area contributed by atoms with Crippen LogP contribution in [-0.4, -0.2) is 10.3 Å². The van der Waals surface area contributed by atoms with Gasteiger partial charge in [-0.2, -0.15) is 4.99 Å². The third kappa shape index (κ3) is 2.42. The van der Waals surface area contributed by atoms with Crippen molar-refractivity contribution < 1.29 is 9.50 Å². The molecule has 0 saturated heterocycles. The summed E-state index contributed by atoms with van der Waals surface area (Å²) >= 11 is 4.35. The molecule has 0 aromatic heterocycles. The zero-order valence-corrected chi connectivity index (χ0v) is 7.81. The lowest BCUT2D eigenvalue weighted by Gasteiger charge is -2.04. The zero-order valence-electron chi connectivity index (χ0n) is 6.99. The van der Waals surface area contributed by atoms with Crippen LogP contribution >= 0.6 is 12.2 Å². The number of aliphatic hydroxyl groups is 1. The fourth-order valence-electron chi connectivity index (χ4n) is 0.923. The Balaban J connectivity index is 3.12. The molecular weight excluding hydrogens is 189 g/mol. The molecule has 0 spiro atoms. The van der Waals surface area contributed by atoms with E-state index < -0.39 is 11.9 Å². The molecule has 0 heterocycles. The zero-order chi connectivity index (χ0) is 9.84. The lowest BCUT2D eigenvalue weighted by Crippen LogP contribution is -1.91. The van der Waals surface area contributed by atoms with Crippen LogP contribution in [0, 0.1) is 5.82 Å². The molecular formula is C9H8FNOS. The van der Waals surface area contributed by atoms with Crippen molar-refractivity contribution in [1.82, 2.24) is 0 Å². The second kappa shape index (κ2) is 4.23. The summed E-state index contributed by atoms with van der Waals surface area (Å²) in [6, 6.07) is 4.28. The molecule has 68 valence electrons. The van der Waals surface area contributed by atoms with E-state index in [1.165, 1.54) is 12.1 Å². The lowest BCUT2D eigenvalue weighted by molar-refractivity contribution is 0.199. The average Bonchev–Trinajstić information content (AvgIpc) is 2.08. The Kier molecular flexibility index (Phi) is 3.25. The van der Waals surface area contributed by atoms with Gasteiger partial charge in [0.15, 0.2) is 0 Å². The van der Waals surface area contributed by atoms with Gasteiger partial charge in [-0.25, -0.2) is 4.39 Å². The van der Waals surface area contributed by atoms with Gasteiger partial charge >= 0.3 is 0 Å². The number of aliphatic imine (C=N–C) groups is 1. The third-order valence-electron chi connectivity index (χ3n) is 1.62. The number of isothiocyanates is 1. The molecule has 1 aromatic carbocycles. The van der Waals surface area contributed by atoms with E-state index in [1.807, 2.05) is 0 Å². The Labute approximate surface area is 80.7 Å². The van der Waals surface area contributed by atoms with Gasteiger partial charge in [-0.15, -0.1) is 0 Å². The second-order valence-electron chi connectivity index (χ2n) is 2.59. The Morgan fingerprint density at radius 1 is 1.62 bits per heavy atom. The van der Waals surface area contributed by atoms with Gasteiger partial charge in [-0.1, -0.05) is 6.07 Å². The van der Waals surface area contributed by atoms with E-state index >= 15 is 0 Å². The van der Waals surface area contributed by atoms with Crippen LogP contribution in [-0.2, 0) is 0 Å². The van der Waals surface area contributed by atoms with E-state index in [9.17, 15) is 4.39 Å². The minimum absolute atomic E-state index is 0.138. The molecule has 0 aliphatic carbocycles. The number of aliphatic hydroxyl groups excluding tert-OH is 1. The summed E-state index contributed by atoms with van der Waals surface area (Å²) in [5.74, 6) is -0.504. The Bertz CT molecular complexity index is 359. The normalized spacial score (nSPS) is 11.9. The van der Waals surface area contributed by atoms with Crippen molar-refractivity contribution in [2.24, 2.45) is 4.99 Å². The van der Waals surface area contributed by atoms with Gasteiger partial charge in [0, 0.05) is 0 Å². The first kappa shape index (κ1) is 9.99. The summed E-state index contributed by atoms with van der Waals surface area (Å²) in [6.07, 6.45) is -0.681. The number of hydrogen-bond donors (Lipinski definition) is 1. The van der Waals surface area contributed by atoms with E-state index in [0.29, 0.717) is 5.56 Å². The summed E-state index contributed by atoms with van der Waals surface area (Å²) < 4.78 is 13.1. The maximum atomic E-state index is 13.1. The molecule has 1 atom stereocenters. The number of thiocarbonyl (C=S) groups is 1. The molecule has 0 fully saturated rings. The van der Waals surface area contributed by atoms with Crippen molar-refractivity contribution in [2.45, 2.75) is 13.0 Å². The summed E-state index contributed by atoms with van der Waals surface area (Å²) in [4.78, 5) is 3.51. The van der Waals surface area contributed by atoms with Gasteiger partial charge in [-0.05, 0) is 36.8 Å². The maximum absolute atomic E-state index is 13.1. The molecule has 13 heavy (non-hydrogen) atoms. The fourth-order valence-corrected chi connectivity index (χ4v) is 1.02. The average molecular weight is 197 g/mol. The molecule has 1 N–H and O–H groups in total. The van der Waals surface area contributed by atoms with Crippen molar-refractivity contribution >= 4 is 23.1 Å². The monoisotopic (exact) mass is 197 g/mol. The van der Waals surface area contributed by atoms with Gasteiger partial charge in [0.05, 0.1) is 11.3 Å². The van der Waals surface area contributed by atoms with Crippen LogP contribution in [0.15, 0.2) is 23.2 Å². The molecule has 0 aliphatic heterocycles. The van der Waals surface area contributed by atoms with Crippen LogP contribution in [0.1, 0.15) is 18.6 Å². The minimum Gasteiger partial charge on any atom is -0.389 e. The van der Waals surface area contributed by atoms with Gasteiger partial charge in [-0.3, -0.25) is 0 Å². The van der Waals surface area contributed by atoms with Crippen molar-refractivity contribution in [1.29, 1.82) is 0 Å². The molecule has 1 rings (SSSR count). The number of rotatable bonds is 2. The number of nitrogens with zero attached hydrogens (tertiary/aromatic N) is 1. The topological polar surface area (TPSA) is 32.6 Å². The van der Waals surface area contributed by atoms with Crippen LogP contribution in [0.2, 0.25) is 0 Å². The molecule has 0 saturated carbocycles. The number of hydrogen-bond acceptors (Lipinski definition) is 3. The van der Waals surface area contributed by atoms with Crippen molar-refractivity contribution in [3.8, 4) is 0 Å². The van der Waals surface area contributed by atoms with Gasteiger partial charge in [0.25, 0.3) is 0 Å². The Morgan fingerprint density at radius 2 is 2.31 bits per heavy atom. The van der Waals surface area contributed by atoms with Gasteiger partial charge in [0.1, 0.15) is 11.5 Å². The van der Waals surface area contributed by atoms with Crippen LogP contribution in [0.3, 0.4) is 0 Å². The standard InChI is InChI=1S/C9H8FNOS/c1-6(12)7-2-3-9(11-5-13)8(10)4-7/h2-4,6,12H,1H3. The quantitative estimate of drug-likeness (QED) is 0.584. The molecule has 4 heteroatoms. The molecule has 1 unspecified atom stereocenters. The van der Waals surface area contributed by atoms with Crippen molar-refractivity contribution in [3.05, 3.63) is 29.6 Å². The van der Waals surface area contributed by atoms with Crippen LogP contribution < -0.4 is 0 Å². The maximum Gasteiger partial charge on any atom is 0.150 e. The molecule has 2 nitrogen and oxygen atoms in total. The highest BCUT2D eigenvalue weighted by Crippen LogP contribution is 2.21.